The highest BCUT2D eigenvalue weighted by molar-refractivity contribution is 5.30. The number of anilines is 1. The summed E-state index contributed by atoms with van der Waals surface area (Å²) in [5.74, 6) is 6.57. The van der Waals surface area contributed by atoms with Crippen LogP contribution in [0.4, 0.5) is 5.82 Å². The number of rotatable bonds is 2. The minimum atomic E-state index is 0.688. The van der Waals surface area contributed by atoms with Gasteiger partial charge >= 0.3 is 0 Å². The molecule has 0 aliphatic carbocycles. The largest absolute Gasteiger partial charge is 0.308 e. The van der Waals surface area contributed by atoms with Gasteiger partial charge in [0.15, 0.2) is 5.82 Å². The van der Waals surface area contributed by atoms with E-state index in [1.165, 1.54) is 0 Å². The van der Waals surface area contributed by atoms with Crippen molar-refractivity contribution in [3.8, 4) is 5.82 Å². The maximum Gasteiger partial charge on any atom is 0.153 e. The van der Waals surface area contributed by atoms with Crippen molar-refractivity contribution in [2.24, 2.45) is 5.84 Å². The van der Waals surface area contributed by atoms with Gasteiger partial charge in [-0.25, -0.2) is 20.5 Å². The molecule has 3 rings (SSSR count). The fourth-order valence-electron chi connectivity index (χ4n) is 1.34. The van der Waals surface area contributed by atoms with Crippen LogP contribution in [0, 0.1) is 0 Å². The van der Waals surface area contributed by atoms with E-state index in [9.17, 15) is 0 Å². The Bertz CT molecular complexity index is 565. The Balaban J connectivity index is 0.000000148. The standard InChI is InChI=1S/C8H7N3.C5H7N3/c1-2-5-9-8(4-1)11-7-3-6-10-11;6-8-5-3-1-2-4-7-5/h1-7H;1-4H,6H2,(H,7,8). The first-order chi connectivity index (χ1) is 9.40. The number of hydrogen-bond donors (Lipinski definition) is 2. The fourth-order valence-corrected chi connectivity index (χ4v) is 1.34. The molecule has 0 radical (unpaired) electrons. The molecule has 0 aliphatic rings. The van der Waals surface area contributed by atoms with Gasteiger partial charge in [0.05, 0.1) is 0 Å². The number of pyridine rings is 2. The van der Waals surface area contributed by atoms with Crippen LogP contribution >= 0.6 is 0 Å². The molecular formula is C13H14N6. The number of aromatic nitrogens is 4. The lowest BCUT2D eigenvalue weighted by molar-refractivity contribution is 0.847. The molecule has 0 atom stereocenters. The number of hydrazine groups is 1. The SMILES string of the molecule is NNc1ccccn1.c1ccc(-n2cccn2)nc1. The predicted octanol–water partition coefficient (Wildman–Crippen LogP) is 1.63. The molecule has 3 aromatic rings. The summed E-state index contributed by atoms with van der Waals surface area (Å²) in [5.41, 5.74) is 2.42. The molecule has 0 saturated heterocycles. The molecule has 6 nitrogen and oxygen atoms in total. The number of nitrogen functional groups attached to an aromatic ring is 1. The van der Waals surface area contributed by atoms with E-state index < -0.39 is 0 Å². The first-order valence-corrected chi connectivity index (χ1v) is 5.69. The Morgan fingerprint density at radius 1 is 0.895 bits per heavy atom. The molecule has 96 valence electrons. The molecule has 0 fully saturated rings. The maximum atomic E-state index is 5.04. The topological polar surface area (TPSA) is 81.6 Å². The summed E-state index contributed by atoms with van der Waals surface area (Å²) in [6, 6.07) is 13.1. The summed E-state index contributed by atoms with van der Waals surface area (Å²) in [7, 11) is 0. The molecular weight excluding hydrogens is 240 g/mol. The molecule has 0 bridgehead atoms. The Morgan fingerprint density at radius 3 is 2.16 bits per heavy atom. The fraction of sp³-hybridized carbons (Fsp3) is 0. The summed E-state index contributed by atoms with van der Waals surface area (Å²) in [6.45, 7) is 0. The molecule has 0 saturated carbocycles. The lowest BCUT2D eigenvalue weighted by atomic mass is 10.5. The highest BCUT2D eigenvalue weighted by Gasteiger charge is 1.92. The van der Waals surface area contributed by atoms with Crippen LogP contribution < -0.4 is 11.3 Å². The van der Waals surface area contributed by atoms with Crippen molar-refractivity contribution < 1.29 is 0 Å². The zero-order chi connectivity index (χ0) is 13.3. The Kier molecular flexibility index (Phi) is 4.60. The zero-order valence-corrected chi connectivity index (χ0v) is 10.2. The minimum Gasteiger partial charge on any atom is -0.308 e. The van der Waals surface area contributed by atoms with Gasteiger partial charge in [-0.05, 0) is 30.3 Å². The van der Waals surface area contributed by atoms with E-state index in [4.69, 9.17) is 5.84 Å². The molecule has 3 N–H and O–H groups in total. The van der Waals surface area contributed by atoms with E-state index in [0.717, 1.165) is 5.82 Å². The lowest BCUT2D eigenvalue weighted by Crippen LogP contribution is -2.07. The number of nitrogens with two attached hydrogens (primary N) is 1. The van der Waals surface area contributed by atoms with E-state index in [1.54, 1.807) is 29.3 Å². The van der Waals surface area contributed by atoms with Gasteiger partial charge in [-0.15, -0.1) is 0 Å². The summed E-state index contributed by atoms with van der Waals surface area (Å²) >= 11 is 0. The third-order valence-electron chi connectivity index (χ3n) is 2.20. The summed E-state index contributed by atoms with van der Waals surface area (Å²) in [5, 5.41) is 4.04. The Morgan fingerprint density at radius 2 is 1.68 bits per heavy atom. The molecule has 0 unspecified atom stereocenters. The zero-order valence-electron chi connectivity index (χ0n) is 10.2. The average molecular weight is 254 g/mol. The van der Waals surface area contributed by atoms with Crippen molar-refractivity contribution in [2.75, 3.05) is 5.43 Å². The van der Waals surface area contributed by atoms with Crippen LogP contribution in [0.25, 0.3) is 5.82 Å². The monoisotopic (exact) mass is 254 g/mol. The lowest BCUT2D eigenvalue weighted by Gasteiger charge is -1.96. The van der Waals surface area contributed by atoms with Crippen molar-refractivity contribution in [1.29, 1.82) is 0 Å². The van der Waals surface area contributed by atoms with Crippen molar-refractivity contribution >= 4 is 5.82 Å². The quantitative estimate of drug-likeness (QED) is 0.536. The van der Waals surface area contributed by atoms with Gasteiger partial charge in [0.25, 0.3) is 0 Å². The van der Waals surface area contributed by atoms with Crippen LogP contribution in [-0.2, 0) is 0 Å². The summed E-state index contributed by atoms with van der Waals surface area (Å²) in [4.78, 5) is 7.98. The van der Waals surface area contributed by atoms with E-state index in [0.29, 0.717) is 5.82 Å². The average Bonchev–Trinajstić information content (AvgIpc) is 3.04. The normalized spacial score (nSPS) is 9.32. The first kappa shape index (κ1) is 12.7. The molecule has 0 aliphatic heterocycles. The second-order valence-corrected chi connectivity index (χ2v) is 3.50. The van der Waals surface area contributed by atoms with Gasteiger partial charge < -0.3 is 5.43 Å². The highest BCUT2D eigenvalue weighted by atomic mass is 15.3. The number of nitrogens with one attached hydrogen (secondary N) is 1. The summed E-state index contributed by atoms with van der Waals surface area (Å²) in [6.07, 6.45) is 7.02. The molecule has 0 amide bonds. The second kappa shape index (κ2) is 6.87. The third-order valence-corrected chi connectivity index (χ3v) is 2.20. The van der Waals surface area contributed by atoms with Crippen LogP contribution in [0.2, 0.25) is 0 Å². The van der Waals surface area contributed by atoms with Crippen molar-refractivity contribution in [2.45, 2.75) is 0 Å². The Labute approximate surface area is 110 Å². The smallest absolute Gasteiger partial charge is 0.153 e. The highest BCUT2D eigenvalue weighted by Crippen LogP contribution is 1.98. The molecule has 0 spiro atoms. The van der Waals surface area contributed by atoms with Crippen molar-refractivity contribution in [1.82, 2.24) is 19.7 Å². The van der Waals surface area contributed by atoms with Crippen molar-refractivity contribution in [3.63, 3.8) is 0 Å². The molecule has 3 aromatic heterocycles. The minimum absolute atomic E-state index is 0.688. The predicted molar refractivity (Wildman–Crippen MR) is 73.4 cm³/mol. The molecule has 0 aromatic carbocycles. The van der Waals surface area contributed by atoms with E-state index in [2.05, 4.69) is 20.5 Å². The van der Waals surface area contributed by atoms with Gasteiger partial charge in [0, 0.05) is 24.8 Å². The number of nitrogens with zero attached hydrogens (tertiary/aromatic N) is 4. The van der Waals surface area contributed by atoms with E-state index in [1.807, 2.05) is 42.6 Å². The van der Waals surface area contributed by atoms with Gasteiger partial charge in [0.1, 0.15) is 5.82 Å². The molecule has 3 heterocycles. The Hall–Kier alpha value is -2.73. The van der Waals surface area contributed by atoms with Crippen molar-refractivity contribution in [3.05, 3.63) is 67.3 Å². The maximum absolute atomic E-state index is 5.04. The first-order valence-electron chi connectivity index (χ1n) is 5.69. The van der Waals surface area contributed by atoms with Gasteiger partial charge in [0.2, 0.25) is 0 Å². The van der Waals surface area contributed by atoms with Crippen LogP contribution in [0.3, 0.4) is 0 Å². The van der Waals surface area contributed by atoms with Crippen LogP contribution in [-0.4, -0.2) is 19.7 Å². The van der Waals surface area contributed by atoms with Gasteiger partial charge in [-0.1, -0.05) is 12.1 Å². The third kappa shape index (κ3) is 3.90. The van der Waals surface area contributed by atoms with Crippen LogP contribution in [0.1, 0.15) is 0 Å². The van der Waals surface area contributed by atoms with Crippen LogP contribution in [0.5, 0.6) is 0 Å². The van der Waals surface area contributed by atoms with Gasteiger partial charge in [-0.2, -0.15) is 5.10 Å². The number of hydrogen-bond acceptors (Lipinski definition) is 5. The molecule has 6 heteroatoms. The summed E-state index contributed by atoms with van der Waals surface area (Å²) < 4.78 is 1.72. The van der Waals surface area contributed by atoms with E-state index in [-0.39, 0.29) is 0 Å². The van der Waals surface area contributed by atoms with E-state index >= 15 is 0 Å². The van der Waals surface area contributed by atoms with Gasteiger partial charge in [-0.3, -0.25) is 0 Å². The molecule has 19 heavy (non-hydrogen) atoms. The van der Waals surface area contributed by atoms with Crippen LogP contribution in [0.15, 0.2) is 67.3 Å². The second-order valence-electron chi connectivity index (χ2n) is 3.50.